The maximum atomic E-state index is 11.6. The molecule has 0 radical (unpaired) electrons. The van der Waals surface area contributed by atoms with E-state index in [0.717, 1.165) is 0 Å². The van der Waals surface area contributed by atoms with Gasteiger partial charge in [-0.2, -0.15) is 0 Å². The molecule has 0 spiro atoms. The molecule has 2 unspecified atom stereocenters. The van der Waals surface area contributed by atoms with Crippen molar-refractivity contribution >= 4 is 23.8 Å². The van der Waals surface area contributed by atoms with Crippen LogP contribution in [-0.4, -0.2) is 41.0 Å². The van der Waals surface area contributed by atoms with Crippen molar-refractivity contribution in [3.63, 3.8) is 0 Å². The quantitative estimate of drug-likeness (QED) is 0.494. The molecule has 106 valence electrons. The zero-order chi connectivity index (χ0) is 14.4. The van der Waals surface area contributed by atoms with E-state index < -0.39 is 23.9 Å². The molecule has 4 amide bonds. The van der Waals surface area contributed by atoms with E-state index in [9.17, 15) is 19.2 Å². The Morgan fingerprint density at radius 2 is 2.16 bits per heavy atom. The number of hydrogen-bond donors (Lipinski definition) is 4. The monoisotopic (exact) mass is 271 g/mol. The van der Waals surface area contributed by atoms with Gasteiger partial charge in [0.1, 0.15) is 6.04 Å². The van der Waals surface area contributed by atoms with Crippen molar-refractivity contribution in [2.75, 3.05) is 0 Å². The smallest absolute Gasteiger partial charge is 0.315 e. The molecule has 1 fully saturated rings. The summed E-state index contributed by atoms with van der Waals surface area (Å²) >= 11 is 0. The van der Waals surface area contributed by atoms with Gasteiger partial charge in [-0.15, -0.1) is 0 Å². The largest absolute Gasteiger partial charge is 0.481 e. The fraction of sp³-hybridized carbons (Fsp3) is 0.636. The lowest BCUT2D eigenvalue weighted by atomic mass is 10.1. The van der Waals surface area contributed by atoms with Gasteiger partial charge >= 0.3 is 12.0 Å². The molecule has 0 aromatic carbocycles. The molecule has 0 bridgehead atoms. The lowest BCUT2D eigenvalue weighted by molar-refractivity contribution is -0.137. The van der Waals surface area contributed by atoms with Crippen LogP contribution in [0.4, 0.5) is 4.79 Å². The maximum Gasteiger partial charge on any atom is 0.315 e. The molecule has 8 nitrogen and oxygen atoms in total. The predicted molar refractivity (Wildman–Crippen MR) is 64.2 cm³/mol. The van der Waals surface area contributed by atoms with Crippen LogP contribution >= 0.6 is 0 Å². The Balaban J connectivity index is 2.32. The Morgan fingerprint density at radius 1 is 1.47 bits per heavy atom. The average Bonchev–Trinajstić information content (AvgIpc) is 2.30. The molecular formula is C11H17N3O5. The minimum atomic E-state index is -0.931. The van der Waals surface area contributed by atoms with Crippen molar-refractivity contribution in [2.24, 2.45) is 0 Å². The number of rotatable bonds is 5. The number of carbonyl (C=O) groups is 4. The zero-order valence-corrected chi connectivity index (χ0v) is 10.6. The van der Waals surface area contributed by atoms with Gasteiger partial charge in [-0.25, -0.2) is 4.79 Å². The summed E-state index contributed by atoms with van der Waals surface area (Å²) in [5.41, 5.74) is 0. The van der Waals surface area contributed by atoms with E-state index in [-0.39, 0.29) is 31.2 Å². The van der Waals surface area contributed by atoms with Gasteiger partial charge in [0, 0.05) is 18.9 Å². The van der Waals surface area contributed by atoms with E-state index in [2.05, 4.69) is 16.0 Å². The Bertz CT molecular complexity index is 396. The maximum absolute atomic E-state index is 11.6. The summed E-state index contributed by atoms with van der Waals surface area (Å²) in [7, 11) is 0. The summed E-state index contributed by atoms with van der Waals surface area (Å²) in [6.07, 6.45) is 0.713. The molecule has 8 heteroatoms. The van der Waals surface area contributed by atoms with Crippen LogP contribution in [0, 0.1) is 0 Å². The highest BCUT2D eigenvalue weighted by Crippen LogP contribution is 2.04. The first-order valence-corrected chi connectivity index (χ1v) is 6.01. The zero-order valence-electron chi connectivity index (χ0n) is 10.6. The Hall–Kier alpha value is -2.12. The van der Waals surface area contributed by atoms with Gasteiger partial charge in [-0.1, -0.05) is 0 Å². The van der Waals surface area contributed by atoms with Crippen LogP contribution in [-0.2, 0) is 14.4 Å². The summed E-state index contributed by atoms with van der Waals surface area (Å²) in [6.45, 7) is 1.67. The molecule has 2 atom stereocenters. The second-order valence-electron chi connectivity index (χ2n) is 4.45. The summed E-state index contributed by atoms with van der Waals surface area (Å²) in [4.78, 5) is 44.2. The fourth-order valence-corrected chi connectivity index (χ4v) is 1.67. The second-order valence-corrected chi connectivity index (χ2v) is 4.45. The van der Waals surface area contributed by atoms with Gasteiger partial charge in [0.05, 0.1) is 0 Å². The van der Waals surface area contributed by atoms with Crippen LogP contribution in [0.3, 0.4) is 0 Å². The van der Waals surface area contributed by atoms with E-state index in [1.807, 2.05) is 0 Å². The third kappa shape index (κ3) is 5.36. The summed E-state index contributed by atoms with van der Waals surface area (Å²) < 4.78 is 0. The van der Waals surface area contributed by atoms with Crippen molar-refractivity contribution in [2.45, 2.75) is 44.7 Å². The van der Waals surface area contributed by atoms with Gasteiger partial charge < -0.3 is 15.7 Å². The second kappa shape index (κ2) is 6.72. The average molecular weight is 271 g/mol. The van der Waals surface area contributed by atoms with Crippen molar-refractivity contribution in [1.29, 1.82) is 0 Å². The molecule has 0 saturated carbocycles. The number of carboxylic acids is 1. The van der Waals surface area contributed by atoms with E-state index in [4.69, 9.17) is 5.11 Å². The lowest BCUT2D eigenvalue weighted by Crippen LogP contribution is -2.55. The molecule has 4 N–H and O–H groups in total. The lowest BCUT2D eigenvalue weighted by Gasteiger charge is -2.23. The van der Waals surface area contributed by atoms with Crippen LogP contribution < -0.4 is 16.0 Å². The molecule has 1 heterocycles. The molecule has 1 saturated heterocycles. The van der Waals surface area contributed by atoms with Gasteiger partial charge in [-0.3, -0.25) is 19.7 Å². The van der Waals surface area contributed by atoms with E-state index >= 15 is 0 Å². The van der Waals surface area contributed by atoms with Crippen molar-refractivity contribution in [3.8, 4) is 0 Å². The summed E-state index contributed by atoms with van der Waals surface area (Å²) in [5, 5.41) is 15.6. The van der Waals surface area contributed by atoms with Crippen LogP contribution in [0.2, 0.25) is 0 Å². The number of piperidine rings is 1. The summed E-state index contributed by atoms with van der Waals surface area (Å²) in [6, 6.07) is -1.60. The molecule has 19 heavy (non-hydrogen) atoms. The number of carboxylic acid groups (broad SMARTS) is 1. The number of urea groups is 1. The van der Waals surface area contributed by atoms with Gasteiger partial charge in [0.15, 0.2) is 0 Å². The molecule has 1 rings (SSSR count). The number of carbonyl (C=O) groups excluding carboxylic acids is 3. The van der Waals surface area contributed by atoms with Crippen molar-refractivity contribution in [1.82, 2.24) is 16.0 Å². The standard InChI is InChI=1S/C11H17N3O5/c1-6(2-5-9(16)17)12-11(19)13-7-3-4-8(15)14-10(7)18/h6-7H,2-5H2,1H3,(H,16,17)(H2,12,13,19)(H,14,15,18). The normalized spacial score (nSPS) is 20.4. The highest BCUT2D eigenvalue weighted by atomic mass is 16.4. The van der Waals surface area contributed by atoms with Gasteiger partial charge in [0.2, 0.25) is 11.8 Å². The molecule has 0 aromatic rings. The van der Waals surface area contributed by atoms with E-state index in [1.165, 1.54) is 0 Å². The molecule has 1 aliphatic heterocycles. The third-order valence-electron chi connectivity index (χ3n) is 2.71. The van der Waals surface area contributed by atoms with Gasteiger partial charge in [-0.05, 0) is 19.8 Å². The topological polar surface area (TPSA) is 125 Å². The first-order valence-electron chi connectivity index (χ1n) is 6.01. The number of nitrogens with one attached hydrogen (secondary N) is 3. The number of amides is 4. The SMILES string of the molecule is CC(CCC(=O)O)NC(=O)NC1CCC(=O)NC1=O. The highest BCUT2D eigenvalue weighted by Gasteiger charge is 2.27. The first kappa shape index (κ1) is 14.9. The minimum absolute atomic E-state index is 0.0418. The number of imide groups is 1. The number of aliphatic carboxylic acids is 1. The number of hydrogen-bond acceptors (Lipinski definition) is 4. The molecular weight excluding hydrogens is 254 g/mol. The Morgan fingerprint density at radius 3 is 2.74 bits per heavy atom. The first-order chi connectivity index (χ1) is 8.88. The fourth-order valence-electron chi connectivity index (χ4n) is 1.67. The van der Waals surface area contributed by atoms with E-state index in [1.54, 1.807) is 6.92 Å². The van der Waals surface area contributed by atoms with Crippen LogP contribution in [0.15, 0.2) is 0 Å². The molecule has 0 aliphatic carbocycles. The Labute approximate surface area is 109 Å². The van der Waals surface area contributed by atoms with Crippen LogP contribution in [0.25, 0.3) is 0 Å². The minimum Gasteiger partial charge on any atom is -0.481 e. The molecule has 1 aliphatic rings. The Kier molecular flexibility index (Phi) is 5.28. The van der Waals surface area contributed by atoms with E-state index in [0.29, 0.717) is 6.42 Å². The van der Waals surface area contributed by atoms with Crippen molar-refractivity contribution in [3.05, 3.63) is 0 Å². The summed E-state index contributed by atoms with van der Waals surface area (Å²) in [5.74, 6) is -1.80. The van der Waals surface area contributed by atoms with Crippen molar-refractivity contribution < 1.29 is 24.3 Å². The van der Waals surface area contributed by atoms with Gasteiger partial charge in [0.25, 0.3) is 0 Å². The van der Waals surface area contributed by atoms with Crippen LogP contribution in [0.5, 0.6) is 0 Å². The van der Waals surface area contributed by atoms with Crippen LogP contribution in [0.1, 0.15) is 32.6 Å². The third-order valence-corrected chi connectivity index (χ3v) is 2.71. The predicted octanol–water partition coefficient (Wildman–Crippen LogP) is -0.656. The molecule has 0 aromatic heterocycles. The highest BCUT2D eigenvalue weighted by molar-refractivity contribution is 6.01.